The number of aliphatic hydroxyl groups is 1. The van der Waals surface area contributed by atoms with Crippen molar-refractivity contribution < 1.29 is 14.6 Å². The monoisotopic (exact) mass is 626 g/mol. The number of aliphatic hydroxyl groups excluding tert-OH is 1. The lowest BCUT2D eigenvalue weighted by Crippen LogP contribution is -2.16. The number of fused-ring (bicyclic) bond motifs is 5. The van der Waals surface area contributed by atoms with Gasteiger partial charge in [-0.15, -0.1) is 0 Å². The average Bonchev–Trinajstić information content (AvgIpc) is 3.78. The molecule has 2 aliphatic carbocycles. The third kappa shape index (κ3) is 3.76. The summed E-state index contributed by atoms with van der Waals surface area (Å²) in [5, 5.41) is 15.0. The zero-order valence-electron chi connectivity index (χ0n) is 25.0. The second-order valence-corrected chi connectivity index (χ2v) is 12.9. The van der Waals surface area contributed by atoms with E-state index in [1.165, 1.54) is 35.0 Å². The standard InChI is InChI=1S/C34H35BrN4O3/c1-7-18-14(2)29-21-9-8-19-15(3)30(38-32(19)21)28(35)31-16(4)20(10-11-26(41)42-6)33(39-31)22-12-25(40)27-17(5)23(36-34(22)27)13-24(18)37-29/h13,16,20,39-40H,7-12H2,1-6H3/t16-,20-/m0/s1. The van der Waals surface area contributed by atoms with Crippen LogP contribution >= 0.6 is 15.9 Å². The quantitative estimate of drug-likeness (QED) is 0.316. The van der Waals surface area contributed by atoms with Crippen molar-refractivity contribution in [1.29, 1.82) is 0 Å². The van der Waals surface area contributed by atoms with Gasteiger partial charge in [-0.1, -0.05) is 13.8 Å². The van der Waals surface area contributed by atoms with Gasteiger partial charge in [0.05, 0.1) is 45.8 Å². The number of halogens is 1. The summed E-state index contributed by atoms with van der Waals surface area (Å²) < 4.78 is 5.94. The van der Waals surface area contributed by atoms with Crippen LogP contribution in [0.2, 0.25) is 0 Å². The summed E-state index contributed by atoms with van der Waals surface area (Å²) in [6.45, 7) is 10.8. The van der Waals surface area contributed by atoms with Gasteiger partial charge in [0, 0.05) is 52.8 Å². The fourth-order valence-corrected chi connectivity index (χ4v) is 8.49. The highest BCUT2D eigenvalue weighted by atomic mass is 79.9. The molecule has 42 heavy (non-hydrogen) atoms. The maximum Gasteiger partial charge on any atom is 0.305 e. The Morgan fingerprint density at radius 3 is 2.52 bits per heavy atom. The van der Waals surface area contributed by atoms with Crippen LogP contribution in [-0.2, 0) is 9.53 Å². The van der Waals surface area contributed by atoms with E-state index in [0.717, 1.165) is 86.1 Å². The highest BCUT2D eigenvalue weighted by molar-refractivity contribution is 9.12. The van der Waals surface area contributed by atoms with Gasteiger partial charge >= 0.3 is 5.97 Å². The summed E-state index contributed by atoms with van der Waals surface area (Å²) in [6, 6.07) is 0. The molecule has 0 saturated carbocycles. The number of rotatable bonds is 4. The third-order valence-electron chi connectivity index (χ3n) is 9.99. The number of esters is 1. The van der Waals surface area contributed by atoms with Gasteiger partial charge in [0.1, 0.15) is 5.76 Å². The lowest BCUT2D eigenvalue weighted by Gasteiger charge is -2.17. The maximum atomic E-state index is 12.2. The molecule has 0 aromatic heterocycles. The predicted molar refractivity (Wildman–Crippen MR) is 169 cm³/mol. The Hall–Kier alpha value is -3.52. The van der Waals surface area contributed by atoms with Gasteiger partial charge in [-0.2, -0.15) is 0 Å². The van der Waals surface area contributed by atoms with Crippen molar-refractivity contribution in [2.24, 2.45) is 26.8 Å². The van der Waals surface area contributed by atoms with Crippen LogP contribution in [0, 0.1) is 11.8 Å². The van der Waals surface area contributed by atoms with Gasteiger partial charge in [-0.25, -0.2) is 15.0 Å². The van der Waals surface area contributed by atoms with Crippen molar-refractivity contribution in [3.8, 4) is 0 Å². The van der Waals surface area contributed by atoms with E-state index >= 15 is 0 Å². The summed E-state index contributed by atoms with van der Waals surface area (Å²) >= 11 is 3.98. The number of carbonyl (C=O) groups excluding carboxylic acids is 1. The summed E-state index contributed by atoms with van der Waals surface area (Å²) in [6.07, 6.45) is 6.20. The topological polar surface area (TPSA) is 95.6 Å². The molecular formula is C34H35BrN4O3. The van der Waals surface area contributed by atoms with Crippen LogP contribution < -0.4 is 5.32 Å². The molecule has 7 aliphatic rings. The number of carbonyl (C=O) groups is 1. The molecule has 216 valence electrons. The molecule has 5 heterocycles. The van der Waals surface area contributed by atoms with E-state index < -0.39 is 0 Å². The van der Waals surface area contributed by atoms with Gasteiger partial charge in [-0.3, -0.25) is 4.79 Å². The van der Waals surface area contributed by atoms with E-state index in [1.54, 1.807) is 0 Å². The van der Waals surface area contributed by atoms with Gasteiger partial charge < -0.3 is 15.2 Å². The number of hydrogen-bond acceptors (Lipinski definition) is 7. The number of nitrogens with zero attached hydrogens (tertiary/aromatic N) is 3. The minimum absolute atomic E-state index is 0.0259. The van der Waals surface area contributed by atoms with E-state index in [1.807, 2.05) is 6.92 Å². The van der Waals surface area contributed by atoms with E-state index in [0.29, 0.717) is 25.0 Å². The lowest BCUT2D eigenvalue weighted by atomic mass is 9.86. The first-order valence-electron chi connectivity index (χ1n) is 14.9. The SMILES string of the molecule is CCC1=C(C)C2=NC1=CC1=C(C)C3=C(O)CC(=C4NC(=C(Br)C5=NC6=C2CCC6=C5C)[C@@H](C)[C@@H]4CCC(=O)OC)C3=N1. The zero-order chi connectivity index (χ0) is 29.6. The molecule has 7 nitrogen and oxygen atoms in total. The molecular weight excluding hydrogens is 592 g/mol. The largest absolute Gasteiger partial charge is 0.511 e. The molecule has 0 amide bonds. The number of nitrogens with one attached hydrogen (secondary N) is 1. The Morgan fingerprint density at radius 2 is 1.79 bits per heavy atom. The molecule has 0 aromatic rings. The van der Waals surface area contributed by atoms with Crippen LogP contribution in [0.3, 0.4) is 0 Å². The van der Waals surface area contributed by atoms with Crippen LogP contribution in [0.5, 0.6) is 0 Å². The number of hydrogen-bond donors (Lipinski definition) is 2. The second-order valence-electron chi connectivity index (χ2n) is 12.1. The fraction of sp³-hybridized carbons (Fsp3) is 0.412. The van der Waals surface area contributed by atoms with Crippen molar-refractivity contribution in [3.63, 3.8) is 0 Å². The Kier molecular flexibility index (Phi) is 6.35. The summed E-state index contributed by atoms with van der Waals surface area (Å²) in [4.78, 5) is 27.9. The minimum atomic E-state index is -0.224. The number of ether oxygens (including phenoxy) is 1. The smallest absolute Gasteiger partial charge is 0.305 e. The zero-order valence-corrected chi connectivity index (χ0v) is 26.5. The molecule has 8 heteroatoms. The molecule has 5 aliphatic heterocycles. The van der Waals surface area contributed by atoms with Crippen molar-refractivity contribution in [3.05, 3.63) is 89.4 Å². The van der Waals surface area contributed by atoms with E-state index in [4.69, 9.17) is 19.7 Å². The van der Waals surface area contributed by atoms with Gasteiger partial charge in [-0.05, 0) is 96.3 Å². The Balaban J connectivity index is 1.50. The summed E-state index contributed by atoms with van der Waals surface area (Å²) in [5.41, 5.74) is 16.7. The maximum absolute atomic E-state index is 12.2. The van der Waals surface area contributed by atoms with Crippen molar-refractivity contribution >= 4 is 39.0 Å². The molecule has 2 N–H and O–H groups in total. The number of allylic oxidation sites excluding steroid dienone is 12. The Labute approximate surface area is 254 Å². The minimum Gasteiger partial charge on any atom is -0.511 e. The molecule has 0 unspecified atom stereocenters. The van der Waals surface area contributed by atoms with Gasteiger partial charge in [0.15, 0.2) is 0 Å². The predicted octanol–water partition coefficient (Wildman–Crippen LogP) is 7.50. The third-order valence-corrected chi connectivity index (χ3v) is 10.8. The fourth-order valence-electron chi connectivity index (χ4n) is 7.64. The van der Waals surface area contributed by atoms with Crippen LogP contribution in [-0.4, -0.2) is 35.3 Å². The average molecular weight is 628 g/mol. The number of methoxy groups -OCH3 is 1. The molecule has 0 aromatic carbocycles. The first-order chi connectivity index (χ1) is 20.1. The van der Waals surface area contributed by atoms with Gasteiger partial charge in [0.2, 0.25) is 0 Å². The van der Waals surface area contributed by atoms with E-state index in [9.17, 15) is 9.90 Å². The van der Waals surface area contributed by atoms with Crippen LogP contribution in [0.4, 0.5) is 0 Å². The highest BCUT2D eigenvalue weighted by Gasteiger charge is 2.43. The Bertz CT molecular complexity index is 1770. The highest BCUT2D eigenvalue weighted by Crippen LogP contribution is 2.49. The van der Waals surface area contributed by atoms with E-state index in [-0.39, 0.29) is 17.8 Å². The first kappa shape index (κ1) is 27.3. The summed E-state index contributed by atoms with van der Waals surface area (Å²) in [5.74, 6) is 0.224. The molecule has 8 bridgehead atoms. The van der Waals surface area contributed by atoms with Crippen molar-refractivity contribution in [2.45, 2.75) is 73.1 Å². The molecule has 7 rings (SSSR count). The molecule has 0 radical (unpaired) electrons. The first-order valence-corrected chi connectivity index (χ1v) is 15.7. The number of aliphatic imine (C=N–C) groups is 3. The molecule has 1 fully saturated rings. The van der Waals surface area contributed by atoms with Crippen molar-refractivity contribution in [2.75, 3.05) is 7.11 Å². The molecule has 1 saturated heterocycles. The van der Waals surface area contributed by atoms with Crippen molar-refractivity contribution in [1.82, 2.24) is 5.32 Å². The Morgan fingerprint density at radius 1 is 1.02 bits per heavy atom. The van der Waals surface area contributed by atoms with E-state index in [2.05, 4.69) is 55.0 Å². The van der Waals surface area contributed by atoms with Crippen LogP contribution in [0.25, 0.3) is 0 Å². The normalized spacial score (nSPS) is 26.3. The summed E-state index contributed by atoms with van der Waals surface area (Å²) in [7, 11) is 1.43. The van der Waals surface area contributed by atoms with Crippen LogP contribution in [0.1, 0.15) is 73.1 Å². The molecule has 2 atom stereocenters. The molecule has 0 spiro atoms. The lowest BCUT2D eigenvalue weighted by molar-refractivity contribution is -0.140. The van der Waals surface area contributed by atoms with Gasteiger partial charge in [0.25, 0.3) is 0 Å². The second kappa shape index (κ2) is 9.76. The van der Waals surface area contributed by atoms with Crippen LogP contribution in [0.15, 0.2) is 104 Å².